The van der Waals surface area contributed by atoms with Crippen LogP contribution in [-0.4, -0.2) is 21.2 Å². The Bertz CT molecular complexity index is 86.6. The molecule has 0 aromatic rings. The van der Waals surface area contributed by atoms with Crippen LogP contribution in [-0.2, 0) is 16.8 Å². The Labute approximate surface area is 58.8 Å². The molecule has 0 radical (unpaired) electrons. The molecule has 0 spiro atoms. The van der Waals surface area contributed by atoms with Crippen molar-refractivity contribution in [3.8, 4) is 0 Å². The van der Waals surface area contributed by atoms with E-state index in [1.165, 1.54) is 20.3 Å². The van der Waals surface area contributed by atoms with Crippen molar-refractivity contribution in [3.63, 3.8) is 0 Å². The van der Waals surface area contributed by atoms with Crippen LogP contribution in [0, 0.1) is 6.42 Å². The fourth-order valence-electron chi connectivity index (χ4n) is 0.302. The van der Waals surface area contributed by atoms with Crippen LogP contribution < -0.4 is 0 Å². The van der Waals surface area contributed by atoms with Gasteiger partial charge in [-0.2, -0.15) is 6.42 Å². The number of carbonyl (C=O) groups excluding carboxylic acids is 2. The van der Waals surface area contributed by atoms with E-state index in [2.05, 4.69) is 0 Å². The van der Waals surface area contributed by atoms with E-state index in [9.17, 15) is 0 Å². The van der Waals surface area contributed by atoms with Crippen molar-refractivity contribution in [2.75, 3.05) is 0 Å². The van der Waals surface area contributed by atoms with Crippen LogP contribution in [0.4, 0.5) is 0 Å². The van der Waals surface area contributed by atoms with Gasteiger partial charge in [-0.15, -0.1) is 0 Å². The van der Waals surface area contributed by atoms with Gasteiger partial charge in [0, 0.05) is 13.8 Å². The van der Waals surface area contributed by atoms with E-state index < -0.39 is 0 Å². The molecule has 0 aliphatic carbocycles. The van der Waals surface area contributed by atoms with Crippen LogP contribution in [0.15, 0.2) is 0 Å². The van der Waals surface area contributed by atoms with Gasteiger partial charge >= 0.3 is 16.8 Å². The predicted molar refractivity (Wildman–Crippen MR) is 29.5 cm³/mol. The molecule has 0 saturated carbocycles. The van der Waals surface area contributed by atoms with Gasteiger partial charge in [0.25, 0.3) is 0 Å². The van der Waals surface area contributed by atoms with E-state index in [0.29, 0.717) is 0 Å². The van der Waals surface area contributed by atoms with Crippen LogP contribution >= 0.6 is 0 Å². The summed E-state index contributed by atoms with van der Waals surface area (Å²) < 4.78 is 0. The first kappa shape index (κ1) is 10.7. The first-order chi connectivity index (χ1) is 3.13. The van der Waals surface area contributed by atoms with Gasteiger partial charge in [0.1, 0.15) is 0 Å². The molecule has 0 aromatic heterocycles. The van der Waals surface area contributed by atoms with E-state index in [1.54, 1.807) is 0 Å². The Morgan fingerprint density at radius 3 is 1.38 bits per heavy atom. The van der Waals surface area contributed by atoms with Gasteiger partial charge in [-0.3, -0.25) is 0 Å². The topological polar surface area (TPSA) is 42.8 Å². The summed E-state index contributed by atoms with van der Waals surface area (Å²) in [5.74, 6) is 0.250. The van der Waals surface area contributed by atoms with Crippen LogP contribution in [0.2, 0.25) is 0 Å². The van der Waals surface area contributed by atoms with Gasteiger partial charge in [0.2, 0.25) is 0 Å². The van der Waals surface area contributed by atoms with E-state index in [-0.39, 0.29) is 28.3 Å². The second-order valence-corrected chi connectivity index (χ2v) is 1.43. The first-order valence-electron chi connectivity index (χ1n) is 2.02. The zero-order chi connectivity index (χ0) is 5.86. The van der Waals surface area contributed by atoms with Crippen molar-refractivity contribution in [2.45, 2.75) is 13.8 Å². The number of ketones is 2. The molecular weight excluding hydrogens is 151 g/mol. The maximum Gasteiger partial charge on any atom is 3.00 e. The van der Waals surface area contributed by atoms with Gasteiger partial charge in [0.05, 0.1) is 0 Å². The van der Waals surface area contributed by atoms with Crippen molar-refractivity contribution in [3.05, 3.63) is 6.42 Å². The molecule has 0 aromatic carbocycles. The average Bonchev–Trinajstić information content (AvgIpc) is 1.27. The molecule has 0 saturated heterocycles. The third-order valence-corrected chi connectivity index (χ3v) is 0.418. The third-order valence-electron chi connectivity index (χ3n) is 0.418. The van der Waals surface area contributed by atoms with E-state index in [1.807, 2.05) is 0 Å². The molecule has 8 heavy (non-hydrogen) atoms. The maximum atomic E-state index is 8.40. The fourth-order valence-corrected chi connectivity index (χ4v) is 0.302. The molecule has 3 heteroatoms. The second kappa shape index (κ2) is 4.87. The van der Waals surface area contributed by atoms with E-state index in [4.69, 9.17) is 9.59 Å². The molecule has 0 rings (SSSR count). The molecule has 0 aliphatic rings. The molecule has 0 atom stereocenters. The summed E-state index contributed by atoms with van der Waals surface area (Å²) in [5.41, 5.74) is 0. The number of rotatable bonds is 2. The SMILES string of the molecule is CC(=[OH+])[CH-]C(C)=[OH+].[Co+3]. The standard InChI is InChI=1S/C5H7O2.Co/c1-4(6)3-5(2)7;/h3H,1-2H3;/q-1;+3/p+2. The summed E-state index contributed by atoms with van der Waals surface area (Å²) in [7, 11) is 0. The van der Waals surface area contributed by atoms with Gasteiger partial charge in [0.15, 0.2) is 11.6 Å². The van der Waals surface area contributed by atoms with Crippen LogP contribution in [0.5, 0.6) is 0 Å². The van der Waals surface area contributed by atoms with Crippen LogP contribution in [0.3, 0.4) is 0 Å². The summed E-state index contributed by atoms with van der Waals surface area (Å²) in [6.07, 6.45) is 1.28. The molecule has 46 valence electrons. The second-order valence-electron chi connectivity index (χ2n) is 1.43. The Kier molecular flexibility index (Phi) is 6.48. The summed E-state index contributed by atoms with van der Waals surface area (Å²) in [5, 5.41) is 0. The van der Waals surface area contributed by atoms with Gasteiger partial charge in [-0.1, -0.05) is 0 Å². The molecule has 0 unspecified atom stereocenters. The average molecular weight is 160 g/mol. The Morgan fingerprint density at radius 2 is 1.38 bits per heavy atom. The third kappa shape index (κ3) is 9.21. The Morgan fingerprint density at radius 1 is 1.12 bits per heavy atom. The maximum absolute atomic E-state index is 8.40. The van der Waals surface area contributed by atoms with Gasteiger partial charge < -0.3 is 9.59 Å². The van der Waals surface area contributed by atoms with Crippen molar-refractivity contribution in [1.82, 2.24) is 0 Å². The monoisotopic (exact) mass is 160 g/mol. The first-order valence-corrected chi connectivity index (χ1v) is 2.02. The van der Waals surface area contributed by atoms with Crippen molar-refractivity contribution in [1.29, 1.82) is 0 Å². The normalized spacial score (nSPS) is 6.75. The zero-order valence-corrected chi connectivity index (χ0v) is 5.85. The summed E-state index contributed by atoms with van der Waals surface area (Å²) >= 11 is 0. The molecule has 2 nitrogen and oxygen atoms in total. The van der Waals surface area contributed by atoms with Crippen LogP contribution in [0.1, 0.15) is 13.8 Å². The van der Waals surface area contributed by atoms with Gasteiger partial charge in [-0.05, 0) is 0 Å². The Hall–Kier alpha value is -0.284. The number of hydrogen-bond donors (Lipinski definition) is 0. The quantitative estimate of drug-likeness (QED) is 0.317. The van der Waals surface area contributed by atoms with Crippen molar-refractivity contribution >= 4 is 11.6 Å². The largest absolute Gasteiger partial charge is 3.00 e. The summed E-state index contributed by atoms with van der Waals surface area (Å²) in [4.78, 5) is 16.8. The summed E-state index contributed by atoms with van der Waals surface area (Å²) in [6, 6.07) is 0. The Balaban J connectivity index is 0. The molecule has 0 amide bonds. The van der Waals surface area contributed by atoms with Crippen molar-refractivity contribution < 1.29 is 26.4 Å². The molecule has 0 heterocycles. The minimum absolute atomic E-state index is 0. The van der Waals surface area contributed by atoms with E-state index >= 15 is 0 Å². The zero-order valence-electron chi connectivity index (χ0n) is 4.81. The molecule has 0 bridgehead atoms. The van der Waals surface area contributed by atoms with Gasteiger partial charge in [-0.25, -0.2) is 0 Å². The predicted octanol–water partition coefficient (Wildman–Crippen LogP) is 0.318. The fraction of sp³-hybridized carbons (Fsp3) is 0.400. The molecular formula is C5H9CoO2+4. The van der Waals surface area contributed by atoms with Crippen molar-refractivity contribution in [2.24, 2.45) is 0 Å². The minimum atomic E-state index is 0. The van der Waals surface area contributed by atoms with Crippen LogP contribution in [0.25, 0.3) is 0 Å². The number of hydrogen-bond acceptors (Lipinski definition) is 0. The molecule has 0 aliphatic heterocycles. The molecule has 2 N–H and O–H groups in total. The molecule has 0 fully saturated rings. The minimum Gasteiger partial charge on any atom is -0.316 e. The smallest absolute Gasteiger partial charge is 0.316 e. The summed E-state index contributed by atoms with van der Waals surface area (Å²) in [6.45, 7) is 3.00. The van der Waals surface area contributed by atoms with E-state index in [0.717, 1.165) is 0 Å².